The standard InChI is InChI=1S/C28H22Br2Cl2N2O6/c1-40-19-10-13(9-18(30)22(19)35)21-15-7-8-16-20(24(37)34(23(16)36)14-5-3-2-4-6-14)17(15)11-27(31)25(38)33(12-29)26(39)28(21,27)32/h2-7,9-10,16-17,20-21,35H,8,11-12H2,1H3. The second kappa shape index (κ2) is 9.58. The largest absolute Gasteiger partial charge is 0.503 e. The zero-order valence-corrected chi connectivity index (χ0v) is 25.6. The first-order valence-electron chi connectivity index (χ1n) is 12.5. The Labute approximate surface area is 256 Å². The normalized spacial score (nSPS) is 33.1. The van der Waals surface area contributed by atoms with Crippen LogP contribution in [0.5, 0.6) is 11.5 Å². The number of fused-ring (bicyclic) bond motifs is 4. The molecule has 4 amide bonds. The van der Waals surface area contributed by atoms with Gasteiger partial charge in [-0.1, -0.05) is 45.8 Å². The Hall–Kier alpha value is -2.40. The number of rotatable bonds is 4. The van der Waals surface area contributed by atoms with Crippen molar-refractivity contribution in [2.75, 3.05) is 17.5 Å². The monoisotopic (exact) mass is 710 g/mol. The van der Waals surface area contributed by atoms with Crippen LogP contribution in [0.15, 0.2) is 58.6 Å². The van der Waals surface area contributed by atoms with E-state index in [2.05, 4.69) is 31.9 Å². The van der Waals surface area contributed by atoms with Crippen LogP contribution in [0, 0.1) is 17.8 Å². The van der Waals surface area contributed by atoms with Crippen molar-refractivity contribution in [3.8, 4) is 11.5 Å². The maximum atomic E-state index is 14.0. The summed E-state index contributed by atoms with van der Waals surface area (Å²) in [7, 11) is 1.39. The second-order valence-electron chi connectivity index (χ2n) is 10.4. The van der Waals surface area contributed by atoms with Gasteiger partial charge in [-0.25, -0.2) is 0 Å². The Morgan fingerprint density at radius 1 is 1.05 bits per heavy atom. The molecule has 2 aromatic carbocycles. The van der Waals surface area contributed by atoms with E-state index >= 15 is 0 Å². The van der Waals surface area contributed by atoms with E-state index in [1.54, 1.807) is 42.5 Å². The molecule has 8 nitrogen and oxygen atoms in total. The predicted octanol–water partition coefficient (Wildman–Crippen LogP) is 5.08. The highest BCUT2D eigenvalue weighted by Gasteiger charge is 2.76. The summed E-state index contributed by atoms with van der Waals surface area (Å²) in [5.41, 5.74) is 1.47. The molecule has 40 heavy (non-hydrogen) atoms. The molecule has 0 aromatic heterocycles. The summed E-state index contributed by atoms with van der Waals surface area (Å²) >= 11 is 21.0. The lowest BCUT2D eigenvalue weighted by atomic mass is 9.56. The summed E-state index contributed by atoms with van der Waals surface area (Å²) in [5, 5.41) is 10.5. The summed E-state index contributed by atoms with van der Waals surface area (Å²) in [6, 6.07) is 11.9. The van der Waals surface area contributed by atoms with Crippen molar-refractivity contribution < 1.29 is 29.0 Å². The third kappa shape index (κ3) is 3.48. The Balaban J connectivity index is 1.55. The number of allylic oxidation sites excluding steroid dienone is 2. The number of aromatic hydroxyl groups is 1. The lowest BCUT2D eigenvalue weighted by Gasteiger charge is -2.50. The molecule has 6 unspecified atom stereocenters. The van der Waals surface area contributed by atoms with E-state index in [9.17, 15) is 24.3 Å². The highest BCUT2D eigenvalue weighted by atomic mass is 79.9. The van der Waals surface area contributed by atoms with Crippen LogP contribution in [0.4, 0.5) is 5.69 Å². The van der Waals surface area contributed by atoms with E-state index in [-0.39, 0.29) is 46.1 Å². The van der Waals surface area contributed by atoms with Crippen LogP contribution in [0.1, 0.15) is 24.3 Å². The molecule has 0 radical (unpaired) electrons. The Morgan fingerprint density at radius 3 is 2.40 bits per heavy atom. The molecular formula is C28H22Br2Cl2N2O6. The smallest absolute Gasteiger partial charge is 0.254 e. The number of imide groups is 2. The van der Waals surface area contributed by atoms with E-state index in [0.717, 1.165) is 4.90 Å². The van der Waals surface area contributed by atoms with Gasteiger partial charge < -0.3 is 9.84 Å². The number of hydrogen-bond acceptors (Lipinski definition) is 6. The molecule has 6 rings (SSSR count). The highest BCUT2D eigenvalue weighted by Crippen LogP contribution is 2.66. The number of halogens is 4. The third-order valence-electron chi connectivity index (χ3n) is 8.63. The maximum Gasteiger partial charge on any atom is 0.254 e. The molecule has 12 heteroatoms. The van der Waals surface area contributed by atoms with Crippen molar-refractivity contribution in [3.05, 3.63) is 64.1 Å². The summed E-state index contributed by atoms with van der Waals surface area (Å²) in [6.07, 6.45) is 2.01. The quantitative estimate of drug-likeness (QED) is 0.205. The van der Waals surface area contributed by atoms with E-state index in [1.807, 2.05) is 6.08 Å². The minimum atomic E-state index is -1.94. The minimum absolute atomic E-state index is 0.104. The molecule has 0 bridgehead atoms. The van der Waals surface area contributed by atoms with Crippen molar-refractivity contribution in [1.29, 1.82) is 0 Å². The number of carbonyl (C=O) groups is 4. The lowest BCUT2D eigenvalue weighted by molar-refractivity contribution is -0.138. The van der Waals surface area contributed by atoms with Gasteiger partial charge in [0.15, 0.2) is 21.2 Å². The third-order valence-corrected chi connectivity index (χ3v) is 11.2. The van der Waals surface area contributed by atoms with E-state index in [4.69, 9.17) is 27.9 Å². The van der Waals surface area contributed by atoms with Crippen molar-refractivity contribution in [3.63, 3.8) is 0 Å². The van der Waals surface area contributed by atoms with Gasteiger partial charge >= 0.3 is 0 Å². The highest BCUT2D eigenvalue weighted by molar-refractivity contribution is 9.10. The van der Waals surface area contributed by atoms with Gasteiger partial charge in [0.25, 0.3) is 11.8 Å². The van der Waals surface area contributed by atoms with Gasteiger partial charge in [0.2, 0.25) is 11.8 Å². The van der Waals surface area contributed by atoms with Gasteiger partial charge in [-0.3, -0.25) is 29.0 Å². The van der Waals surface area contributed by atoms with Crippen molar-refractivity contribution in [1.82, 2.24) is 4.90 Å². The first kappa shape index (κ1) is 27.8. The molecule has 208 valence electrons. The molecular weight excluding hydrogens is 691 g/mol. The molecule has 6 atom stereocenters. The van der Waals surface area contributed by atoms with E-state index < -0.39 is 45.2 Å². The molecule has 3 fully saturated rings. The SMILES string of the molecule is COc1cc(C2C3=CCC4C(=O)N(c5ccccc5)C(=O)C4C3CC3(Cl)C(=O)N(CBr)C(=O)C23Cl)cc(Br)c1O. The van der Waals surface area contributed by atoms with Gasteiger partial charge in [0.05, 0.1) is 34.6 Å². The number of hydrogen-bond donors (Lipinski definition) is 1. The topological polar surface area (TPSA) is 104 Å². The Morgan fingerprint density at radius 2 is 1.75 bits per heavy atom. The number of methoxy groups -OCH3 is 1. The van der Waals surface area contributed by atoms with Gasteiger partial charge in [-0.05, 0) is 64.5 Å². The predicted molar refractivity (Wildman–Crippen MR) is 155 cm³/mol. The van der Waals surface area contributed by atoms with Gasteiger partial charge in [0, 0.05) is 5.92 Å². The van der Waals surface area contributed by atoms with E-state index in [0.29, 0.717) is 16.8 Å². The van der Waals surface area contributed by atoms with Crippen LogP contribution in [0.3, 0.4) is 0 Å². The fraction of sp³-hybridized carbons (Fsp3) is 0.357. The zero-order chi connectivity index (χ0) is 28.7. The summed E-state index contributed by atoms with van der Waals surface area (Å²) < 4.78 is 5.65. The number of alkyl halides is 3. The lowest BCUT2D eigenvalue weighted by Crippen LogP contribution is -2.60. The maximum absolute atomic E-state index is 14.0. The summed E-state index contributed by atoms with van der Waals surface area (Å²) in [6.45, 7) is 0. The van der Waals surface area contributed by atoms with Gasteiger partial charge in [-0.2, -0.15) is 0 Å². The molecule has 0 spiro atoms. The van der Waals surface area contributed by atoms with Gasteiger partial charge in [0.1, 0.15) is 0 Å². The van der Waals surface area contributed by atoms with Crippen molar-refractivity contribution in [2.45, 2.75) is 28.5 Å². The molecule has 2 aliphatic carbocycles. The Kier molecular flexibility index (Phi) is 6.64. The van der Waals surface area contributed by atoms with Gasteiger partial charge in [-0.15, -0.1) is 23.2 Å². The average Bonchev–Trinajstić information content (AvgIpc) is 3.28. The average molecular weight is 713 g/mol. The number of benzene rings is 2. The summed E-state index contributed by atoms with van der Waals surface area (Å²) in [4.78, 5) is 53.4. The fourth-order valence-corrected chi connectivity index (χ4v) is 8.76. The molecule has 2 saturated heterocycles. The number of phenolic OH excluding ortho intramolecular Hbond substituents is 1. The van der Waals surface area contributed by atoms with Crippen molar-refractivity contribution in [2.24, 2.45) is 17.8 Å². The summed E-state index contributed by atoms with van der Waals surface area (Å²) in [5.74, 6) is -5.11. The van der Waals surface area contributed by atoms with E-state index in [1.165, 1.54) is 12.0 Å². The molecule has 2 aromatic rings. The van der Waals surface area contributed by atoms with Crippen LogP contribution in [-0.4, -0.2) is 55.9 Å². The molecule has 4 aliphatic rings. The van der Waals surface area contributed by atoms with Crippen LogP contribution in [-0.2, 0) is 19.2 Å². The molecule has 1 N–H and O–H groups in total. The second-order valence-corrected chi connectivity index (χ2v) is 13.0. The van der Waals surface area contributed by atoms with Crippen LogP contribution >= 0.6 is 55.1 Å². The first-order valence-corrected chi connectivity index (χ1v) is 15.2. The number of carbonyl (C=O) groups excluding carboxylic acids is 4. The number of para-hydroxylation sites is 1. The number of phenols is 1. The van der Waals surface area contributed by atoms with Crippen LogP contribution < -0.4 is 9.64 Å². The van der Waals surface area contributed by atoms with Crippen LogP contribution in [0.25, 0.3) is 0 Å². The number of amides is 4. The number of anilines is 1. The first-order chi connectivity index (χ1) is 19.0. The molecule has 2 heterocycles. The number of likely N-dealkylation sites (tertiary alicyclic amines) is 1. The number of nitrogens with zero attached hydrogens (tertiary/aromatic N) is 2. The molecule has 2 aliphatic heterocycles. The van der Waals surface area contributed by atoms with Crippen LogP contribution in [0.2, 0.25) is 0 Å². The van der Waals surface area contributed by atoms with Crippen molar-refractivity contribution >= 4 is 84.4 Å². The number of ether oxygens (including phenoxy) is 1. The Bertz CT molecular complexity index is 1520. The molecule has 1 saturated carbocycles. The fourth-order valence-electron chi connectivity index (χ4n) is 6.87. The zero-order valence-electron chi connectivity index (χ0n) is 20.9. The minimum Gasteiger partial charge on any atom is -0.503 e.